The fourth-order valence-electron chi connectivity index (χ4n) is 3.60. The largest absolute Gasteiger partial charge is 0.493 e. The molecule has 1 amide bonds. The highest BCUT2D eigenvalue weighted by Crippen LogP contribution is 2.52. The maximum atomic E-state index is 12.8. The number of aliphatic hydroxyl groups is 1. The Kier molecular flexibility index (Phi) is 5.61. The number of benzene rings is 2. The number of rotatable bonds is 4. The number of carbonyl (C=O) groups is 1. The maximum absolute atomic E-state index is 12.8. The Morgan fingerprint density at radius 1 is 1.07 bits per heavy atom. The van der Waals surface area contributed by atoms with E-state index in [1.165, 1.54) is 21.3 Å². The summed E-state index contributed by atoms with van der Waals surface area (Å²) in [7, 11) is 4.27. The van der Waals surface area contributed by atoms with E-state index in [4.69, 9.17) is 14.2 Å². The van der Waals surface area contributed by atoms with Crippen LogP contribution in [-0.2, 0) is 4.79 Å². The third kappa shape index (κ3) is 3.69. The number of hydrogen-bond donors (Lipinski definition) is 2. The van der Waals surface area contributed by atoms with Crippen molar-refractivity contribution in [1.29, 1.82) is 0 Å². The van der Waals surface area contributed by atoms with Crippen LogP contribution < -0.4 is 19.5 Å². The summed E-state index contributed by atoms with van der Waals surface area (Å²) in [5, 5.41) is 12.8. The SMILES string of the molecule is COc1cc2c(c(OC)c1OC)-c1ccccc1C(NC(=O)C(F)(F)F)CC2O. The molecule has 29 heavy (non-hydrogen) atoms. The van der Waals surface area contributed by atoms with Crippen LogP contribution >= 0.6 is 0 Å². The topological polar surface area (TPSA) is 77.0 Å². The second-order valence-corrected chi connectivity index (χ2v) is 6.47. The highest BCUT2D eigenvalue weighted by atomic mass is 19.4. The normalized spacial score (nSPS) is 18.2. The number of fused-ring (bicyclic) bond motifs is 3. The number of ether oxygens (including phenoxy) is 3. The zero-order valence-corrected chi connectivity index (χ0v) is 16.0. The second-order valence-electron chi connectivity index (χ2n) is 6.47. The molecule has 0 radical (unpaired) electrons. The van der Waals surface area contributed by atoms with Gasteiger partial charge in [0.2, 0.25) is 5.75 Å². The smallest absolute Gasteiger partial charge is 0.471 e. The van der Waals surface area contributed by atoms with E-state index in [9.17, 15) is 23.1 Å². The lowest BCUT2D eigenvalue weighted by Crippen LogP contribution is -2.39. The van der Waals surface area contributed by atoms with Gasteiger partial charge in [0.25, 0.3) is 0 Å². The molecule has 1 aliphatic rings. The number of aliphatic hydroxyl groups excluding tert-OH is 1. The van der Waals surface area contributed by atoms with Gasteiger partial charge in [-0.2, -0.15) is 13.2 Å². The lowest BCUT2D eigenvalue weighted by Gasteiger charge is -2.21. The summed E-state index contributed by atoms with van der Waals surface area (Å²) < 4.78 is 54.7. The molecule has 2 aromatic rings. The van der Waals surface area contributed by atoms with E-state index in [0.29, 0.717) is 28.0 Å². The van der Waals surface area contributed by atoms with E-state index in [2.05, 4.69) is 0 Å². The van der Waals surface area contributed by atoms with Gasteiger partial charge < -0.3 is 24.6 Å². The van der Waals surface area contributed by atoms with Crippen LogP contribution in [-0.4, -0.2) is 38.5 Å². The number of nitrogens with one attached hydrogen (secondary N) is 1. The maximum Gasteiger partial charge on any atom is 0.471 e. The van der Waals surface area contributed by atoms with Crippen molar-refractivity contribution in [1.82, 2.24) is 5.32 Å². The summed E-state index contributed by atoms with van der Waals surface area (Å²) >= 11 is 0. The second kappa shape index (κ2) is 7.82. The molecule has 2 aromatic carbocycles. The Morgan fingerprint density at radius 2 is 1.72 bits per heavy atom. The summed E-state index contributed by atoms with van der Waals surface area (Å²) in [5.41, 5.74) is 1.81. The van der Waals surface area contributed by atoms with Gasteiger partial charge in [-0.3, -0.25) is 4.79 Å². The highest BCUT2D eigenvalue weighted by Gasteiger charge is 2.41. The quantitative estimate of drug-likeness (QED) is 0.805. The van der Waals surface area contributed by atoms with Gasteiger partial charge in [-0.15, -0.1) is 0 Å². The van der Waals surface area contributed by atoms with Gasteiger partial charge in [-0.1, -0.05) is 24.3 Å². The van der Waals surface area contributed by atoms with Crippen LogP contribution in [0.2, 0.25) is 0 Å². The molecule has 156 valence electrons. The molecule has 2 N–H and O–H groups in total. The molecule has 9 heteroatoms. The number of amides is 1. The van der Waals surface area contributed by atoms with Crippen LogP contribution in [0.1, 0.15) is 29.7 Å². The molecule has 1 aliphatic carbocycles. The lowest BCUT2D eigenvalue weighted by molar-refractivity contribution is -0.174. The van der Waals surface area contributed by atoms with Gasteiger partial charge >= 0.3 is 12.1 Å². The van der Waals surface area contributed by atoms with E-state index >= 15 is 0 Å². The standard InChI is InChI=1S/C20H20F3NO5/c1-27-15-8-12-14(25)9-13(24-19(26)20(21,22)23)10-6-4-5-7-11(10)16(12)18(29-3)17(15)28-2/h4-8,13-14,25H,9H2,1-3H3,(H,24,26). The Labute approximate surface area is 165 Å². The molecule has 0 saturated carbocycles. The molecule has 0 aliphatic heterocycles. The lowest BCUT2D eigenvalue weighted by atomic mass is 9.93. The summed E-state index contributed by atoms with van der Waals surface area (Å²) in [6.07, 6.45) is -6.39. The number of hydrogen-bond acceptors (Lipinski definition) is 5. The summed E-state index contributed by atoms with van der Waals surface area (Å²) in [6, 6.07) is 7.15. The Hall–Kier alpha value is -2.94. The minimum absolute atomic E-state index is 0.162. The van der Waals surface area contributed by atoms with Crippen LogP contribution in [0, 0.1) is 0 Å². The molecular formula is C20H20F3NO5. The number of halogens is 3. The van der Waals surface area contributed by atoms with E-state index in [1.54, 1.807) is 30.3 Å². The first-order valence-electron chi connectivity index (χ1n) is 8.70. The fraction of sp³-hybridized carbons (Fsp3) is 0.350. The van der Waals surface area contributed by atoms with Gasteiger partial charge in [0.15, 0.2) is 11.5 Å². The van der Waals surface area contributed by atoms with Crippen molar-refractivity contribution in [2.24, 2.45) is 0 Å². The molecule has 2 atom stereocenters. The van der Waals surface area contributed by atoms with Crippen molar-refractivity contribution < 1.29 is 37.3 Å². The average Bonchev–Trinajstić information content (AvgIpc) is 2.81. The van der Waals surface area contributed by atoms with E-state index in [-0.39, 0.29) is 17.9 Å². The fourth-order valence-corrected chi connectivity index (χ4v) is 3.60. The molecule has 0 aromatic heterocycles. The Balaban J connectivity index is 2.24. The predicted molar refractivity (Wildman–Crippen MR) is 98.0 cm³/mol. The highest BCUT2D eigenvalue weighted by molar-refractivity contribution is 5.85. The van der Waals surface area contributed by atoms with E-state index in [1.807, 2.05) is 5.32 Å². The van der Waals surface area contributed by atoms with E-state index in [0.717, 1.165) is 0 Å². The zero-order chi connectivity index (χ0) is 21.3. The predicted octanol–water partition coefficient (Wildman–Crippen LogP) is 3.54. The van der Waals surface area contributed by atoms with Gasteiger partial charge in [0, 0.05) is 12.0 Å². The summed E-state index contributed by atoms with van der Waals surface area (Å²) in [4.78, 5) is 11.6. The summed E-state index contributed by atoms with van der Waals surface area (Å²) in [5.74, 6) is -1.21. The third-order valence-corrected chi connectivity index (χ3v) is 4.85. The average molecular weight is 411 g/mol. The van der Waals surface area contributed by atoms with Crippen LogP contribution in [0.15, 0.2) is 30.3 Å². The van der Waals surface area contributed by atoms with Crippen molar-refractivity contribution in [3.8, 4) is 28.4 Å². The third-order valence-electron chi connectivity index (χ3n) is 4.85. The minimum Gasteiger partial charge on any atom is -0.493 e. The molecule has 3 rings (SSSR count). The van der Waals surface area contributed by atoms with Gasteiger partial charge in [-0.25, -0.2) is 0 Å². The van der Waals surface area contributed by atoms with Crippen molar-refractivity contribution in [3.63, 3.8) is 0 Å². The van der Waals surface area contributed by atoms with Crippen molar-refractivity contribution >= 4 is 5.91 Å². The molecule has 0 heterocycles. The van der Waals surface area contributed by atoms with Crippen molar-refractivity contribution in [2.75, 3.05) is 21.3 Å². The first-order valence-corrected chi connectivity index (χ1v) is 8.70. The molecule has 2 unspecified atom stereocenters. The van der Waals surface area contributed by atoms with Gasteiger partial charge in [0.1, 0.15) is 0 Å². The van der Waals surface area contributed by atoms with Crippen molar-refractivity contribution in [2.45, 2.75) is 24.7 Å². The molecule has 0 fully saturated rings. The number of alkyl halides is 3. The molecular weight excluding hydrogens is 391 g/mol. The number of methoxy groups -OCH3 is 3. The first-order chi connectivity index (χ1) is 13.7. The minimum atomic E-state index is -5.04. The molecule has 6 nitrogen and oxygen atoms in total. The molecule has 0 saturated heterocycles. The molecule has 0 bridgehead atoms. The van der Waals surface area contributed by atoms with Crippen LogP contribution in [0.3, 0.4) is 0 Å². The summed E-state index contributed by atoms with van der Waals surface area (Å²) in [6.45, 7) is 0. The Morgan fingerprint density at radius 3 is 2.31 bits per heavy atom. The molecule has 0 spiro atoms. The van der Waals surface area contributed by atoms with Gasteiger partial charge in [-0.05, 0) is 22.8 Å². The van der Waals surface area contributed by atoms with Crippen LogP contribution in [0.25, 0.3) is 11.1 Å². The van der Waals surface area contributed by atoms with Crippen LogP contribution in [0.4, 0.5) is 13.2 Å². The Bertz CT molecular complexity index is 929. The van der Waals surface area contributed by atoms with Crippen molar-refractivity contribution in [3.05, 3.63) is 41.5 Å². The van der Waals surface area contributed by atoms with Crippen LogP contribution in [0.5, 0.6) is 17.2 Å². The first kappa shape index (κ1) is 20.8. The van der Waals surface area contributed by atoms with E-state index < -0.39 is 24.2 Å². The zero-order valence-electron chi connectivity index (χ0n) is 16.0. The monoisotopic (exact) mass is 411 g/mol. The number of carbonyl (C=O) groups excluding carboxylic acids is 1. The van der Waals surface area contributed by atoms with Gasteiger partial charge in [0.05, 0.1) is 33.5 Å².